The van der Waals surface area contributed by atoms with Crippen LogP contribution < -0.4 is 5.32 Å². The zero-order valence-corrected chi connectivity index (χ0v) is 22.0. The normalized spacial score (nSPS) is 21.3. The molecule has 0 aromatic rings. The van der Waals surface area contributed by atoms with Gasteiger partial charge in [-0.2, -0.15) is 0 Å². The molecule has 8 heteroatoms. The molecule has 1 atom stereocenters. The van der Waals surface area contributed by atoms with E-state index >= 15 is 0 Å². The Morgan fingerprint density at radius 3 is 2.54 bits per heavy atom. The molecule has 2 heterocycles. The molecule has 0 bridgehead atoms. The first-order valence-electron chi connectivity index (χ1n) is 11.8. The lowest BCUT2D eigenvalue weighted by atomic mass is 10.1. The van der Waals surface area contributed by atoms with E-state index in [2.05, 4.69) is 36.9 Å². The SMILES string of the molecule is C=C.C=C1/C=C\C(F)=C/COCCC1OC(=C/CC(=O)N1CCC1)/C(NC)=C(\C)N(C)CC.CF. The number of allylic oxidation sites excluding steroid dienone is 3. The smallest absolute Gasteiger partial charge is 0.226 e. The summed E-state index contributed by atoms with van der Waals surface area (Å²) in [6.45, 7) is 17.2. The highest BCUT2D eigenvalue weighted by atomic mass is 19.1. The van der Waals surface area contributed by atoms with E-state index in [1.807, 2.05) is 32.0 Å². The van der Waals surface area contributed by atoms with Crippen molar-refractivity contribution in [3.63, 3.8) is 0 Å². The Morgan fingerprint density at radius 1 is 1.34 bits per heavy atom. The third kappa shape index (κ3) is 10.9. The van der Waals surface area contributed by atoms with E-state index < -0.39 is 6.10 Å². The van der Waals surface area contributed by atoms with Gasteiger partial charge in [-0.1, -0.05) is 12.7 Å². The lowest BCUT2D eigenvalue weighted by Gasteiger charge is -2.31. The summed E-state index contributed by atoms with van der Waals surface area (Å²) >= 11 is 0. The van der Waals surface area contributed by atoms with Gasteiger partial charge in [-0.25, -0.2) is 4.39 Å². The molecule has 0 saturated carbocycles. The molecule has 1 saturated heterocycles. The topological polar surface area (TPSA) is 54.0 Å². The average Bonchev–Trinajstić information content (AvgIpc) is 2.85. The summed E-state index contributed by atoms with van der Waals surface area (Å²) in [5, 5.41) is 3.23. The van der Waals surface area contributed by atoms with E-state index in [1.54, 1.807) is 6.08 Å². The molecule has 1 fully saturated rings. The Hall–Kier alpha value is -2.87. The highest BCUT2D eigenvalue weighted by Gasteiger charge is 2.22. The van der Waals surface area contributed by atoms with Crippen molar-refractivity contribution in [2.45, 2.75) is 39.2 Å². The first kappa shape index (κ1) is 32.1. The second kappa shape index (κ2) is 18.5. The highest BCUT2D eigenvalue weighted by Crippen LogP contribution is 2.24. The molecule has 0 radical (unpaired) electrons. The predicted molar refractivity (Wildman–Crippen MR) is 140 cm³/mol. The number of hydrogen-bond acceptors (Lipinski definition) is 5. The molecule has 0 spiro atoms. The number of alkyl halides is 1. The van der Waals surface area contributed by atoms with Crippen LogP contribution >= 0.6 is 0 Å². The number of nitrogens with zero attached hydrogens (tertiary/aromatic N) is 2. The van der Waals surface area contributed by atoms with Gasteiger partial charge in [-0.3, -0.25) is 9.18 Å². The molecule has 1 unspecified atom stereocenters. The lowest BCUT2D eigenvalue weighted by Crippen LogP contribution is -2.41. The van der Waals surface area contributed by atoms with Crippen LogP contribution in [0.15, 0.2) is 72.6 Å². The number of amides is 1. The maximum absolute atomic E-state index is 13.8. The van der Waals surface area contributed by atoms with Gasteiger partial charge in [-0.05, 0) is 44.1 Å². The van der Waals surface area contributed by atoms with Gasteiger partial charge in [0, 0.05) is 52.3 Å². The van der Waals surface area contributed by atoms with Crippen LogP contribution in [0.2, 0.25) is 0 Å². The van der Waals surface area contributed by atoms with Crippen molar-refractivity contribution in [1.29, 1.82) is 0 Å². The van der Waals surface area contributed by atoms with E-state index in [1.165, 1.54) is 12.2 Å². The van der Waals surface area contributed by atoms with E-state index in [0.717, 1.165) is 37.4 Å². The molecule has 0 aromatic heterocycles. The van der Waals surface area contributed by atoms with E-state index in [9.17, 15) is 13.6 Å². The van der Waals surface area contributed by atoms with Crippen molar-refractivity contribution in [1.82, 2.24) is 15.1 Å². The van der Waals surface area contributed by atoms with Crippen LogP contribution in [0.3, 0.4) is 0 Å². The Bertz CT molecular complexity index is 787. The third-order valence-corrected chi connectivity index (χ3v) is 5.64. The second-order valence-corrected chi connectivity index (χ2v) is 7.70. The summed E-state index contributed by atoms with van der Waals surface area (Å²) in [5.41, 5.74) is 2.45. The lowest BCUT2D eigenvalue weighted by molar-refractivity contribution is -0.133. The summed E-state index contributed by atoms with van der Waals surface area (Å²) in [6.07, 6.45) is 7.70. The van der Waals surface area contributed by atoms with Crippen LogP contribution in [0.4, 0.5) is 8.78 Å². The molecule has 2 aliphatic heterocycles. The number of likely N-dealkylation sites (N-methyl/N-ethyl adjacent to an activating group) is 1. The summed E-state index contributed by atoms with van der Waals surface area (Å²) < 4.78 is 35.2. The summed E-state index contributed by atoms with van der Waals surface area (Å²) in [7, 11) is 4.34. The maximum atomic E-state index is 13.8. The minimum absolute atomic E-state index is 0.0875. The van der Waals surface area contributed by atoms with Gasteiger partial charge >= 0.3 is 0 Å². The van der Waals surface area contributed by atoms with Gasteiger partial charge in [0.25, 0.3) is 0 Å². The van der Waals surface area contributed by atoms with Gasteiger partial charge in [-0.15, -0.1) is 13.2 Å². The Labute approximate surface area is 210 Å². The monoisotopic (exact) mass is 495 g/mol. The van der Waals surface area contributed by atoms with Gasteiger partial charge < -0.3 is 24.6 Å². The summed E-state index contributed by atoms with van der Waals surface area (Å²) in [5.74, 6) is 0.306. The maximum Gasteiger partial charge on any atom is 0.226 e. The summed E-state index contributed by atoms with van der Waals surface area (Å²) in [6, 6.07) is 0. The number of carbonyl (C=O) groups excluding carboxylic acids is 1. The van der Waals surface area contributed by atoms with Gasteiger partial charge in [0.05, 0.1) is 26.1 Å². The molecule has 198 valence electrons. The molecular weight excluding hydrogens is 452 g/mol. The van der Waals surface area contributed by atoms with Crippen LogP contribution in [0.1, 0.15) is 33.1 Å². The first-order chi connectivity index (χ1) is 16.9. The van der Waals surface area contributed by atoms with Gasteiger partial charge in [0.1, 0.15) is 17.7 Å². The fourth-order valence-electron chi connectivity index (χ4n) is 3.24. The number of carbonyl (C=O) groups is 1. The standard InChI is InChI=1S/C24H36FN3O3.C2H4.CH3F/c1-6-27(5)19(3)24(26-4)22(10-11-23(29)28-14-7-15-28)31-21-13-17-30-16-12-20(25)9-8-18(21)2;2*1-2/h8-10,12,21,26H,2,6-7,11,13-17H2,1,3-5H3;1-2H2;1H3/b9-8-,20-12+,22-10+,24-19-;;. The highest BCUT2D eigenvalue weighted by molar-refractivity contribution is 5.78. The fourth-order valence-corrected chi connectivity index (χ4v) is 3.24. The van der Waals surface area contributed by atoms with Crippen LogP contribution in [-0.2, 0) is 14.3 Å². The number of hydrogen-bond donors (Lipinski definition) is 1. The zero-order chi connectivity index (χ0) is 26.8. The molecule has 2 rings (SSSR count). The third-order valence-electron chi connectivity index (χ3n) is 5.64. The minimum atomic E-state index is -0.407. The molecule has 0 aromatic carbocycles. The van der Waals surface area contributed by atoms with E-state index in [-0.39, 0.29) is 24.8 Å². The van der Waals surface area contributed by atoms with Crippen LogP contribution in [-0.4, -0.2) is 75.9 Å². The second-order valence-electron chi connectivity index (χ2n) is 7.70. The molecular formula is C27H43F2N3O3. The average molecular weight is 496 g/mol. The van der Waals surface area contributed by atoms with Crippen molar-refractivity contribution >= 4 is 5.91 Å². The molecule has 35 heavy (non-hydrogen) atoms. The van der Waals surface area contributed by atoms with Crippen LogP contribution in [0.5, 0.6) is 0 Å². The molecule has 1 amide bonds. The number of nitrogens with one attached hydrogen (secondary N) is 1. The van der Waals surface area contributed by atoms with Crippen molar-refractivity contribution < 1.29 is 23.0 Å². The molecule has 2 aliphatic rings. The number of ether oxygens (including phenoxy) is 2. The number of likely N-dealkylation sites (tertiary alicyclic amines) is 1. The Balaban J connectivity index is 0.00000274. The molecule has 1 N–H and O–H groups in total. The molecule has 0 aliphatic carbocycles. The van der Waals surface area contributed by atoms with Crippen molar-refractivity contribution in [3.8, 4) is 0 Å². The minimum Gasteiger partial charge on any atom is -0.484 e. The predicted octanol–water partition coefficient (Wildman–Crippen LogP) is 5.05. The quantitative estimate of drug-likeness (QED) is 0.290. The van der Waals surface area contributed by atoms with Crippen LogP contribution in [0.25, 0.3) is 0 Å². The molecule has 6 nitrogen and oxygen atoms in total. The Morgan fingerprint density at radius 2 is 2.00 bits per heavy atom. The summed E-state index contributed by atoms with van der Waals surface area (Å²) in [4.78, 5) is 16.4. The zero-order valence-electron chi connectivity index (χ0n) is 22.0. The largest absolute Gasteiger partial charge is 0.484 e. The van der Waals surface area contributed by atoms with E-state index in [4.69, 9.17) is 9.47 Å². The Kier molecular flexibility index (Phi) is 16.9. The van der Waals surface area contributed by atoms with Crippen molar-refractivity contribution in [2.24, 2.45) is 0 Å². The van der Waals surface area contributed by atoms with Crippen LogP contribution in [0, 0.1) is 0 Å². The van der Waals surface area contributed by atoms with Crippen molar-refractivity contribution in [2.75, 3.05) is 54.1 Å². The van der Waals surface area contributed by atoms with Crippen molar-refractivity contribution in [3.05, 3.63) is 72.6 Å². The van der Waals surface area contributed by atoms with E-state index in [0.29, 0.717) is 31.5 Å². The van der Waals surface area contributed by atoms with Gasteiger partial charge in [0.15, 0.2) is 0 Å². The number of rotatable bonds is 8. The number of halogens is 2. The van der Waals surface area contributed by atoms with Gasteiger partial charge in [0.2, 0.25) is 5.91 Å². The first-order valence-corrected chi connectivity index (χ1v) is 11.8. The fraction of sp³-hybridized carbons (Fsp3) is 0.519.